The van der Waals surface area contributed by atoms with Crippen LogP contribution in [-0.2, 0) is 0 Å². The van der Waals surface area contributed by atoms with Gasteiger partial charge in [0.25, 0.3) is 5.91 Å². The molecule has 1 aromatic heterocycles. The zero-order chi connectivity index (χ0) is 14.1. The normalized spacial score (nSPS) is 23.0. The molecule has 2 heterocycles. The summed E-state index contributed by atoms with van der Waals surface area (Å²) in [6, 6.07) is 5.67. The number of benzene rings is 1. The van der Waals surface area contributed by atoms with E-state index in [1.54, 1.807) is 12.4 Å². The van der Waals surface area contributed by atoms with Gasteiger partial charge >= 0.3 is 0 Å². The van der Waals surface area contributed by atoms with Crippen molar-refractivity contribution in [1.29, 1.82) is 0 Å². The van der Waals surface area contributed by atoms with Crippen molar-refractivity contribution >= 4 is 16.9 Å². The van der Waals surface area contributed by atoms with E-state index in [-0.39, 0.29) is 11.9 Å². The number of rotatable bonds is 1. The van der Waals surface area contributed by atoms with Gasteiger partial charge in [0.2, 0.25) is 0 Å². The van der Waals surface area contributed by atoms with E-state index in [9.17, 15) is 4.79 Å². The number of nitrogens with two attached hydrogens (primary N) is 1. The van der Waals surface area contributed by atoms with E-state index in [2.05, 4.69) is 16.9 Å². The van der Waals surface area contributed by atoms with Crippen molar-refractivity contribution < 1.29 is 4.79 Å². The Morgan fingerprint density at radius 1 is 1.30 bits per heavy atom. The molecule has 2 unspecified atom stereocenters. The molecule has 0 spiro atoms. The molecule has 1 aromatic carbocycles. The van der Waals surface area contributed by atoms with Crippen LogP contribution < -0.4 is 5.73 Å². The van der Waals surface area contributed by atoms with Crippen LogP contribution in [-0.4, -0.2) is 39.9 Å². The molecule has 1 aliphatic heterocycles. The minimum Gasteiger partial charge on any atom is -0.338 e. The molecule has 1 saturated heterocycles. The number of hydrogen-bond donors (Lipinski definition) is 1. The maximum Gasteiger partial charge on any atom is 0.253 e. The molecule has 0 bridgehead atoms. The first kappa shape index (κ1) is 13.0. The summed E-state index contributed by atoms with van der Waals surface area (Å²) in [7, 11) is 0. The average molecular weight is 270 g/mol. The van der Waals surface area contributed by atoms with Gasteiger partial charge in [-0.25, -0.2) is 0 Å². The zero-order valence-electron chi connectivity index (χ0n) is 11.5. The maximum absolute atomic E-state index is 12.5. The second kappa shape index (κ2) is 5.17. The number of hydrogen-bond acceptors (Lipinski definition) is 4. The quantitative estimate of drug-likeness (QED) is 0.851. The van der Waals surface area contributed by atoms with Crippen molar-refractivity contribution in [2.24, 2.45) is 11.7 Å². The highest BCUT2D eigenvalue weighted by Gasteiger charge is 2.26. The van der Waals surface area contributed by atoms with Gasteiger partial charge in [-0.1, -0.05) is 6.92 Å². The topological polar surface area (TPSA) is 72.1 Å². The summed E-state index contributed by atoms with van der Waals surface area (Å²) in [5.41, 5.74) is 8.22. The Morgan fingerprint density at radius 2 is 2.05 bits per heavy atom. The number of likely N-dealkylation sites (tertiary alicyclic amines) is 1. The van der Waals surface area contributed by atoms with E-state index < -0.39 is 0 Å². The summed E-state index contributed by atoms with van der Waals surface area (Å²) in [5.74, 6) is 0.393. The van der Waals surface area contributed by atoms with Gasteiger partial charge in [0.1, 0.15) is 0 Å². The molecule has 3 rings (SSSR count). The van der Waals surface area contributed by atoms with Crippen molar-refractivity contribution in [3.63, 3.8) is 0 Å². The Kier molecular flexibility index (Phi) is 3.36. The van der Waals surface area contributed by atoms with E-state index in [1.165, 1.54) is 0 Å². The summed E-state index contributed by atoms with van der Waals surface area (Å²) in [4.78, 5) is 22.9. The van der Waals surface area contributed by atoms with Crippen molar-refractivity contribution in [3.8, 4) is 0 Å². The lowest BCUT2D eigenvalue weighted by atomic mass is 9.94. The van der Waals surface area contributed by atoms with Crippen molar-refractivity contribution in [1.82, 2.24) is 14.9 Å². The van der Waals surface area contributed by atoms with Gasteiger partial charge < -0.3 is 10.6 Å². The van der Waals surface area contributed by atoms with Crippen molar-refractivity contribution in [2.45, 2.75) is 19.4 Å². The number of aromatic nitrogens is 2. The molecule has 104 valence electrons. The minimum absolute atomic E-state index is 0.0521. The van der Waals surface area contributed by atoms with Crippen LogP contribution in [0.5, 0.6) is 0 Å². The molecule has 5 heteroatoms. The molecule has 2 N–H and O–H groups in total. The Morgan fingerprint density at radius 3 is 2.80 bits per heavy atom. The molecule has 0 radical (unpaired) electrons. The van der Waals surface area contributed by atoms with Crippen LogP contribution in [0.2, 0.25) is 0 Å². The largest absolute Gasteiger partial charge is 0.338 e. The Labute approximate surface area is 117 Å². The van der Waals surface area contributed by atoms with Crippen molar-refractivity contribution in [3.05, 3.63) is 36.2 Å². The second-order valence-corrected chi connectivity index (χ2v) is 5.44. The van der Waals surface area contributed by atoms with Gasteiger partial charge in [-0.3, -0.25) is 14.8 Å². The van der Waals surface area contributed by atoms with E-state index in [0.29, 0.717) is 11.5 Å². The number of nitrogens with zero attached hydrogens (tertiary/aromatic N) is 3. The third-order valence-electron chi connectivity index (χ3n) is 3.98. The highest BCUT2D eigenvalue weighted by Crippen LogP contribution is 2.19. The van der Waals surface area contributed by atoms with Gasteiger partial charge in [0, 0.05) is 37.1 Å². The maximum atomic E-state index is 12.5. The van der Waals surface area contributed by atoms with Gasteiger partial charge in [-0.05, 0) is 30.5 Å². The van der Waals surface area contributed by atoms with Crippen molar-refractivity contribution in [2.75, 3.05) is 13.1 Å². The second-order valence-electron chi connectivity index (χ2n) is 5.44. The van der Waals surface area contributed by atoms with Crippen LogP contribution in [0, 0.1) is 5.92 Å². The first-order valence-electron chi connectivity index (χ1n) is 6.91. The van der Waals surface area contributed by atoms with E-state index >= 15 is 0 Å². The predicted octanol–water partition coefficient (Wildman–Crippen LogP) is 1.44. The fourth-order valence-electron chi connectivity index (χ4n) is 2.63. The minimum atomic E-state index is 0.0521. The molecule has 0 saturated carbocycles. The number of piperidine rings is 1. The fourth-order valence-corrected chi connectivity index (χ4v) is 2.63. The van der Waals surface area contributed by atoms with Crippen LogP contribution in [0.3, 0.4) is 0 Å². The Balaban J connectivity index is 1.85. The number of fused-ring (bicyclic) bond motifs is 1. The van der Waals surface area contributed by atoms with E-state index in [4.69, 9.17) is 5.73 Å². The summed E-state index contributed by atoms with van der Waals surface area (Å²) in [5, 5.41) is 0. The number of amides is 1. The van der Waals surface area contributed by atoms with E-state index in [1.807, 2.05) is 23.1 Å². The summed E-state index contributed by atoms with van der Waals surface area (Å²) in [6.45, 7) is 3.54. The number of carbonyl (C=O) groups excluding carboxylic acids is 1. The van der Waals surface area contributed by atoms with Gasteiger partial charge in [0.05, 0.1) is 11.0 Å². The molecular weight excluding hydrogens is 252 g/mol. The first-order valence-corrected chi connectivity index (χ1v) is 6.91. The molecule has 0 aliphatic carbocycles. The highest BCUT2D eigenvalue weighted by atomic mass is 16.2. The molecule has 20 heavy (non-hydrogen) atoms. The molecule has 2 aromatic rings. The fraction of sp³-hybridized carbons (Fsp3) is 0.400. The monoisotopic (exact) mass is 270 g/mol. The van der Waals surface area contributed by atoms with Crippen LogP contribution >= 0.6 is 0 Å². The van der Waals surface area contributed by atoms with Crippen LogP contribution in [0.25, 0.3) is 11.0 Å². The first-order chi connectivity index (χ1) is 9.65. The van der Waals surface area contributed by atoms with Gasteiger partial charge in [-0.2, -0.15) is 0 Å². The zero-order valence-corrected chi connectivity index (χ0v) is 11.5. The average Bonchev–Trinajstić information content (AvgIpc) is 2.49. The lowest BCUT2D eigenvalue weighted by molar-refractivity contribution is 0.0664. The standard InChI is InChI=1S/C15H18N4O/c1-10-9-19(7-4-12(10)16)15(20)11-2-3-13-14(8-11)18-6-5-17-13/h2-3,5-6,8,10,12H,4,7,9,16H2,1H3. The smallest absolute Gasteiger partial charge is 0.253 e. The number of carbonyl (C=O) groups is 1. The van der Waals surface area contributed by atoms with Gasteiger partial charge in [0.15, 0.2) is 0 Å². The van der Waals surface area contributed by atoms with Crippen LogP contribution in [0.15, 0.2) is 30.6 Å². The molecule has 1 aliphatic rings. The third kappa shape index (κ3) is 2.36. The molecule has 2 atom stereocenters. The van der Waals surface area contributed by atoms with Gasteiger partial charge in [-0.15, -0.1) is 0 Å². The van der Waals surface area contributed by atoms with Crippen LogP contribution in [0.4, 0.5) is 0 Å². The highest BCUT2D eigenvalue weighted by molar-refractivity contribution is 5.97. The SMILES string of the molecule is CC1CN(C(=O)c2ccc3nccnc3c2)CCC1N. The summed E-state index contributed by atoms with van der Waals surface area (Å²) in [6.07, 6.45) is 4.15. The molecule has 1 amide bonds. The predicted molar refractivity (Wildman–Crippen MR) is 77.2 cm³/mol. The molecule has 1 fully saturated rings. The lowest BCUT2D eigenvalue weighted by Gasteiger charge is -2.35. The molecule has 5 nitrogen and oxygen atoms in total. The third-order valence-corrected chi connectivity index (χ3v) is 3.98. The molecular formula is C15H18N4O. The Hall–Kier alpha value is -2.01. The lowest BCUT2D eigenvalue weighted by Crippen LogP contribution is -2.48. The summed E-state index contributed by atoms with van der Waals surface area (Å²) < 4.78 is 0. The Bertz CT molecular complexity index is 643. The van der Waals surface area contributed by atoms with Crippen LogP contribution in [0.1, 0.15) is 23.7 Å². The summed E-state index contributed by atoms with van der Waals surface area (Å²) >= 11 is 0. The van der Waals surface area contributed by atoms with E-state index in [0.717, 1.165) is 30.5 Å².